The number of likely N-dealkylation sites (tertiary alicyclic amines) is 2. The lowest BCUT2D eigenvalue weighted by atomic mass is 10.4. The summed E-state index contributed by atoms with van der Waals surface area (Å²) in [5.41, 5.74) is 0. The number of rotatable bonds is 0. The second-order valence-corrected chi connectivity index (χ2v) is 3.84. The van der Waals surface area contributed by atoms with Crippen LogP contribution in [0.15, 0.2) is 0 Å². The molecule has 2 amide bonds. The molecule has 2 aliphatic heterocycles. The van der Waals surface area contributed by atoms with Crippen LogP contribution in [-0.2, 0) is 9.59 Å². The minimum Gasteiger partial charge on any atom is -0.346 e. The van der Waals surface area contributed by atoms with Gasteiger partial charge in [0.2, 0.25) is 11.8 Å². The summed E-state index contributed by atoms with van der Waals surface area (Å²) in [4.78, 5) is 24.5. The summed E-state index contributed by atoms with van der Waals surface area (Å²) >= 11 is 0. The highest BCUT2D eigenvalue weighted by Crippen LogP contribution is 2.05. The standard InChI is InChI=1S/2C5H9NO.CH4/c2*1-6-4-2-3-5(6)7;/h2*2-4H2,1H3;1H4. The summed E-state index contributed by atoms with van der Waals surface area (Å²) < 4.78 is 0. The zero-order valence-corrected chi connectivity index (χ0v) is 8.95. The largest absolute Gasteiger partial charge is 0.346 e. The molecule has 0 N–H and O–H groups in total. The van der Waals surface area contributed by atoms with Crippen LogP contribution in [0.3, 0.4) is 0 Å². The molecule has 88 valence electrons. The van der Waals surface area contributed by atoms with Gasteiger partial charge < -0.3 is 9.80 Å². The Kier molecular flexibility index (Phi) is 5.97. The van der Waals surface area contributed by atoms with Crippen LogP contribution < -0.4 is 0 Å². The van der Waals surface area contributed by atoms with Gasteiger partial charge in [0.1, 0.15) is 0 Å². The Bertz CT molecular complexity index is 205. The molecule has 0 aromatic rings. The van der Waals surface area contributed by atoms with Crippen LogP contribution in [0.4, 0.5) is 0 Å². The molecular weight excluding hydrogens is 192 g/mol. The summed E-state index contributed by atoms with van der Waals surface area (Å²) in [5.74, 6) is 0.583. The molecule has 15 heavy (non-hydrogen) atoms. The maximum Gasteiger partial charge on any atom is 0.222 e. The normalized spacial score (nSPS) is 19.9. The highest BCUT2D eigenvalue weighted by molar-refractivity contribution is 5.77. The number of carbonyl (C=O) groups is 2. The third-order valence-corrected chi connectivity index (χ3v) is 2.62. The van der Waals surface area contributed by atoms with Gasteiger partial charge >= 0.3 is 0 Å². The van der Waals surface area contributed by atoms with Crippen LogP contribution in [0, 0.1) is 0 Å². The van der Waals surface area contributed by atoms with Crippen LogP contribution in [0.25, 0.3) is 0 Å². The van der Waals surface area contributed by atoms with E-state index in [1.807, 2.05) is 14.1 Å². The number of amides is 2. The van der Waals surface area contributed by atoms with E-state index in [4.69, 9.17) is 0 Å². The topological polar surface area (TPSA) is 40.6 Å². The van der Waals surface area contributed by atoms with E-state index in [9.17, 15) is 9.59 Å². The highest BCUT2D eigenvalue weighted by atomic mass is 16.2. The molecule has 0 spiro atoms. The fourth-order valence-corrected chi connectivity index (χ4v) is 1.57. The van der Waals surface area contributed by atoms with Gasteiger partial charge in [-0.3, -0.25) is 9.59 Å². The molecule has 0 aromatic carbocycles. The van der Waals surface area contributed by atoms with Gasteiger partial charge in [0.05, 0.1) is 0 Å². The summed E-state index contributed by atoms with van der Waals surface area (Å²) in [6.07, 6.45) is 3.62. The Morgan fingerprint density at radius 3 is 1.27 bits per heavy atom. The number of nitrogens with zero attached hydrogens (tertiary/aromatic N) is 2. The molecule has 2 fully saturated rings. The fraction of sp³-hybridized carbons (Fsp3) is 0.818. The van der Waals surface area contributed by atoms with Crippen molar-refractivity contribution in [1.29, 1.82) is 0 Å². The van der Waals surface area contributed by atoms with E-state index in [2.05, 4.69) is 0 Å². The van der Waals surface area contributed by atoms with E-state index in [0.717, 1.165) is 38.8 Å². The van der Waals surface area contributed by atoms with Crippen molar-refractivity contribution < 1.29 is 9.59 Å². The first-order chi connectivity index (χ1) is 6.61. The predicted molar refractivity (Wildman–Crippen MR) is 60.5 cm³/mol. The zero-order chi connectivity index (χ0) is 10.6. The molecule has 2 saturated heterocycles. The summed E-state index contributed by atoms with van der Waals surface area (Å²) in [6.45, 7) is 1.91. The Labute approximate surface area is 92.2 Å². The van der Waals surface area contributed by atoms with Crippen molar-refractivity contribution in [3.63, 3.8) is 0 Å². The van der Waals surface area contributed by atoms with Gasteiger partial charge in [-0.1, -0.05) is 7.43 Å². The van der Waals surface area contributed by atoms with Crippen LogP contribution in [0.1, 0.15) is 33.1 Å². The fourth-order valence-electron chi connectivity index (χ4n) is 1.57. The van der Waals surface area contributed by atoms with E-state index in [0.29, 0.717) is 11.8 Å². The number of hydrogen-bond donors (Lipinski definition) is 0. The molecule has 0 unspecified atom stereocenters. The molecule has 2 heterocycles. The van der Waals surface area contributed by atoms with E-state index >= 15 is 0 Å². The van der Waals surface area contributed by atoms with Crippen LogP contribution >= 0.6 is 0 Å². The van der Waals surface area contributed by atoms with Crippen molar-refractivity contribution >= 4 is 11.8 Å². The SMILES string of the molecule is C.CN1CCCC1=O.CN1CCCC1=O. The summed E-state index contributed by atoms with van der Waals surface area (Å²) in [7, 11) is 3.69. The van der Waals surface area contributed by atoms with Gasteiger partial charge in [0.15, 0.2) is 0 Å². The van der Waals surface area contributed by atoms with Gasteiger partial charge in [-0.15, -0.1) is 0 Å². The second kappa shape index (κ2) is 6.43. The Morgan fingerprint density at radius 1 is 0.867 bits per heavy atom. The van der Waals surface area contributed by atoms with Gasteiger partial charge in [0, 0.05) is 40.0 Å². The van der Waals surface area contributed by atoms with Gasteiger partial charge in [-0.2, -0.15) is 0 Å². The monoisotopic (exact) mass is 214 g/mol. The van der Waals surface area contributed by atoms with Crippen LogP contribution in [-0.4, -0.2) is 48.8 Å². The molecular formula is C11H22N2O2. The lowest BCUT2D eigenvalue weighted by Crippen LogP contribution is -2.17. The van der Waals surface area contributed by atoms with Crippen molar-refractivity contribution in [1.82, 2.24) is 9.80 Å². The molecule has 0 saturated carbocycles. The smallest absolute Gasteiger partial charge is 0.222 e. The lowest BCUT2D eigenvalue weighted by molar-refractivity contribution is -0.127. The van der Waals surface area contributed by atoms with Gasteiger partial charge in [-0.05, 0) is 12.8 Å². The van der Waals surface area contributed by atoms with E-state index in [-0.39, 0.29) is 7.43 Å². The molecule has 0 radical (unpaired) electrons. The van der Waals surface area contributed by atoms with Gasteiger partial charge in [0.25, 0.3) is 0 Å². The summed E-state index contributed by atoms with van der Waals surface area (Å²) in [5, 5.41) is 0. The Balaban J connectivity index is 0.000000245. The maximum atomic E-state index is 10.5. The number of hydrogen-bond acceptors (Lipinski definition) is 2. The molecule has 0 atom stereocenters. The van der Waals surface area contributed by atoms with Crippen molar-refractivity contribution in [3.05, 3.63) is 0 Å². The first-order valence-electron chi connectivity index (χ1n) is 5.09. The van der Waals surface area contributed by atoms with Crippen LogP contribution in [0.5, 0.6) is 0 Å². The quantitative estimate of drug-likeness (QED) is 0.606. The molecule has 2 aliphatic rings. The van der Waals surface area contributed by atoms with Gasteiger partial charge in [-0.25, -0.2) is 0 Å². The minimum atomic E-state index is 0. The third-order valence-electron chi connectivity index (χ3n) is 2.62. The van der Waals surface area contributed by atoms with E-state index in [1.54, 1.807) is 9.80 Å². The lowest BCUT2D eigenvalue weighted by Gasteiger charge is -2.03. The van der Waals surface area contributed by atoms with Crippen molar-refractivity contribution in [2.75, 3.05) is 27.2 Å². The van der Waals surface area contributed by atoms with Crippen molar-refractivity contribution in [3.8, 4) is 0 Å². The highest BCUT2D eigenvalue weighted by Gasteiger charge is 2.14. The average Bonchev–Trinajstić information content (AvgIpc) is 2.67. The van der Waals surface area contributed by atoms with Crippen molar-refractivity contribution in [2.45, 2.75) is 33.1 Å². The summed E-state index contributed by atoms with van der Waals surface area (Å²) in [6, 6.07) is 0. The molecule has 0 bridgehead atoms. The predicted octanol–water partition coefficient (Wildman–Crippen LogP) is 1.11. The minimum absolute atomic E-state index is 0. The van der Waals surface area contributed by atoms with Crippen molar-refractivity contribution in [2.24, 2.45) is 0 Å². The Hall–Kier alpha value is -1.06. The van der Waals surface area contributed by atoms with Crippen LogP contribution in [0.2, 0.25) is 0 Å². The van der Waals surface area contributed by atoms with E-state index < -0.39 is 0 Å². The Morgan fingerprint density at radius 2 is 1.20 bits per heavy atom. The average molecular weight is 214 g/mol. The maximum absolute atomic E-state index is 10.5. The molecule has 4 nitrogen and oxygen atoms in total. The molecule has 0 aromatic heterocycles. The molecule has 0 aliphatic carbocycles. The third kappa shape index (κ3) is 4.32. The first-order valence-corrected chi connectivity index (χ1v) is 5.09. The number of carbonyl (C=O) groups excluding carboxylic acids is 2. The first kappa shape index (κ1) is 13.9. The zero-order valence-electron chi connectivity index (χ0n) is 8.95. The molecule has 4 heteroatoms. The van der Waals surface area contributed by atoms with E-state index in [1.165, 1.54) is 0 Å². The second-order valence-electron chi connectivity index (χ2n) is 3.84. The molecule has 2 rings (SSSR count).